The zero-order valence-electron chi connectivity index (χ0n) is 16.3. The normalized spacial score (nSPS) is 10.5. The summed E-state index contributed by atoms with van der Waals surface area (Å²) in [6.45, 7) is 0. The number of nitrogens with one attached hydrogen (secondary N) is 2. The number of rotatable bonds is 9. The van der Waals surface area contributed by atoms with Gasteiger partial charge in [-0.15, -0.1) is 0 Å². The lowest BCUT2D eigenvalue weighted by atomic mass is 10.2. The van der Waals surface area contributed by atoms with E-state index in [4.69, 9.17) is 14.2 Å². The molecule has 8 nitrogen and oxygen atoms in total. The number of carbonyl (C=O) groups excluding carboxylic acids is 2. The molecule has 0 heterocycles. The summed E-state index contributed by atoms with van der Waals surface area (Å²) in [5.74, 6) is 0.815. The van der Waals surface area contributed by atoms with Crippen LogP contribution in [0.15, 0.2) is 41.5 Å². The molecule has 9 heteroatoms. The molecule has 0 spiro atoms. The largest absolute Gasteiger partial charge is 0.493 e. The van der Waals surface area contributed by atoms with Crippen LogP contribution in [0.1, 0.15) is 18.4 Å². The van der Waals surface area contributed by atoms with E-state index in [1.54, 1.807) is 24.3 Å². The molecular formula is C20H22IN3O5. The van der Waals surface area contributed by atoms with Crippen molar-refractivity contribution in [2.75, 3.05) is 26.6 Å². The molecule has 0 unspecified atom stereocenters. The maximum atomic E-state index is 11.9. The van der Waals surface area contributed by atoms with Crippen LogP contribution in [0.25, 0.3) is 0 Å². The predicted octanol–water partition coefficient (Wildman–Crippen LogP) is 3.19. The van der Waals surface area contributed by atoms with Crippen LogP contribution in [0.4, 0.5) is 5.69 Å². The highest BCUT2D eigenvalue weighted by atomic mass is 127. The smallest absolute Gasteiger partial charge is 0.240 e. The van der Waals surface area contributed by atoms with Crippen LogP contribution in [0.2, 0.25) is 0 Å². The number of hydrogen-bond acceptors (Lipinski definition) is 6. The number of halogens is 1. The Labute approximate surface area is 182 Å². The van der Waals surface area contributed by atoms with E-state index >= 15 is 0 Å². The minimum Gasteiger partial charge on any atom is -0.493 e. The molecule has 0 radical (unpaired) electrons. The second-order valence-electron chi connectivity index (χ2n) is 5.81. The highest BCUT2D eigenvalue weighted by Crippen LogP contribution is 2.37. The topological polar surface area (TPSA) is 98.2 Å². The van der Waals surface area contributed by atoms with Gasteiger partial charge in [-0.25, -0.2) is 5.43 Å². The third-order valence-corrected chi connectivity index (χ3v) is 4.52. The van der Waals surface area contributed by atoms with Gasteiger partial charge >= 0.3 is 0 Å². The Bertz CT molecular complexity index is 859. The molecule has 2 aromatic rings. The fraction of sp³-hybridized carbons (Fsp3) is 0.250. The highest BCUT2D eigenvalue weighted by Gasteiger charge is 2.12. The number of benzene rings is 2. The monoisotopic (exact) mass is 511 g/mol. The lowest BCUT2D eigenvalue weighted by molar-refractivity contribution is -0.124. The number of nitrogens with zero attached hydrogens (tertiary/aromatic N) is 1. The number of amides is 2. The first kappa shape index (κ1) is 22.5. The Morgan fingerprint density at radius 3 is 2.10 bits per heavy atom. The zero-order chi connectivity index (χ0) is 21.2. The number of methoxy groups -OCH3 is 3. The van der Waals surface area contributed by atoms with Gasteiger partial charge in [0.1, 0.15) is 0 Å². The fourth-order valence-corrected chi connectivity index (χ4v) is 2.75. The van der Waals surface area contributed by atoms with E-state index < -0.39 is 0 Å². The van der Waals surface area contributed by atoms with E-state index in [0.29, 0.717) is 28.5 Å². The van der Waals surface area contributed by atoms with E-state index in [-0.39, 0.29) is 24.7 Å². The van der Waals surface area contributed by atoms with E-state index in [2.05, 4.69) is 38.4 Å². The minimum absolute atomic E-state index is 0.0167. The van der Waals surface area contributed by atoms with Crippen LogP contribution < -0.4 is 25.0 Å². The SMILES string of the molecule is COc1cc(/C=N\NC(=O)CCC(=O)Nc2ccc(I)cc2)cc(OC)c1OC. The number of ether oxygens (including phenoxy) is 3. The van der Waals surface area contributed by atoms with Crippen molar-refractivity contribution >= 4 is 46.3 Å². The van der Waals surface area contributed by atoms with Gasteiger partial charge in [-0.2, -0.15) is 5.10 Å². The van der Waals surface area contributed by atoms with Crippen molar-refractivity contribution in [2.45, 2.75) is 12.8 Å². The molecule has 2 amide bonds. The van der Waals surface area contributed by atoms with Gasteiger partial charge in [0.05, 0.1) is 27.5 Å². The third kappa shape index (κ3) is 6.93. The first-order valence-electron chi connectivity index (χ1n) is 8.64. The van der Waals surface area contributed by atoms with E-state index in [9.17, 15) is 9.59 Å². The van der Waals surface area contributed by atoms with Crippen molar-refractivity contribution in [1.82, 2.24) is 5.43 Å². The number of anilines is 1. The molecule has 0 fully saturated rings. The summed E-state index contributed by atoms with van der Waals surface area (Å²) in [6.07, 6.45) is 1.52. The molecule has 154 valence electrons. The third-order valence-electron chi connectivity index (χ3n) is 3.80. The molecule has 0 bridgehead atoms. The summed E-state index contributed by atoms with van der Waals surface area (Å²) < 4.78 is 16.9. The maximum Gasteiger partial charge on any atom is 0.240 e. The molecule has 2 aromatic carbocycles. The molecule has 0 aliphatic heterocycles. The molecule has 0 aliphatic rings. The molecule has 0 aromatic heterocycles. The molecule has 0 saturated carbocycles. The summed E-state index contributed by atoms with van der Waals surface area (Å²) in [7, 11) is 4.55. The second kappa shape index (κ2) is 11.2. The molecular weight excluding hydrogens is 489 g/mol. The lowest BCUT2D eigenvalue weighted by Crippen LogP contribution is -2.20. The van der Waals surface area contributed by atoms with Crippen molar-refractivity contribution in [3.8, 4) is 17.2 Å². The Morgan fingerprint density at radius 1 is 0.966 bits per heavy atom. The van der Waals surface area contributed by atoms with Crippen molar-refractivity contribution in [3.63, 3.8) is 0 Å². The predicted molar refractivity (Wildman–Crippen MR) is 119 cm³/mol. The van der Waals surface area contributed by atoms with Crippen molar-refractivity contribution in [2.24, 2.45) is 5.10 Å². The van der Waals surface area contributed by atoms with Gasteiger partial charge in [0.15, 0.2) is 11.5 Å². The summed E-state index contributed by atoms with van der Waals surface area (Å²) in [6, 6.07) is 10.8. The van der Waals surface area contributed by atoms with Crippen LogP contribution >= 0.6 is 22.6 Å². The molecule has 29 heavy (non-hydrogen) atoms. The Balaban J connectivity index is 1.86. The van der Waals surface area contributed by atoms with Gasteiger partial charge in [0, 0.05) is 27.7 Å². The average Bonchev–Trinajstić information content (AvgIpc) is 2.73. The molecule has 0 saturated heterocycles. The minimum atomic E-state index is -0.369. The summed E-state index contributed by atoms with van der Waals surface area (Å²) in [4.78, 5) is 23.8. The molecule has 0 aliphatic carbocycles. The van der Waals surface area contributed by atoms with Gasteiger partial charge in [-0.3, -0.25) is 9.59 Å². The number of carbonyl (C=O) groups is 2. The van der Waals surface area contributed by atoms with Crippen LogP contribution in [-0.2, 0) is 9.59 Å². The second-order valence-corrected chi connectivity index (χ2v) is 7.05. The van der Waals surface area contributed by atoms with Gasteiger partial charge in [0.2, 0.25) is 17.6 Å². The molecule has 2 N–H and O–H groups in total. The van der Waals surface area contributed by atoms with Gasteiger partial charge in [-0.1, -0.05) is 0 Å². The van der Waals surface area contributed by atoms with Crippen LogP contribution in [-0.4, -0.2) is 39.4 Å². The maximum absolute atomic E-state index is 11.9. The van der Waals surface area contributed by atoms with Gasteiger partial charge < -0.3 is 19.5 Å². The first-order chi connectivity index (χ1) is 14.0. The van der Waals surface area contributed by atoms with Crippen molar-refractivity contribution < 1.29 is 23.8 Å². The molecule has 0 atom stereocenters. The Morgan fingerprint density at radius 2 is 1.55 bits per heavy atom. The quantitative estimate of drug-likeness (QED) is 0.306. The molecule has 2 rings (SSSR count). The first-order valence-corrected chi connectivity index (χ1v) is 9.72. The standard InChI is InChI=1S/C20H22IN3O5/c1-27-16-10-13(11-17(28-2)20(16)29-3)12-22-24-19(26)9-8-18(25)23-15-6-4-14(21)5-7-15/h4-7,10-12H,8-9H2,1-3H3,(H,23,25)(H,24,26)/b22-12-. The van der Waals surface area contributed by atoms with Gasteiger partial charge in [-0.05, 0) is 59.0 Å². The van der Waals surface area contributed by atoms with Crippen molar-refractivity contribution in [3.05, 3.63) is 45.5 Å². The van der Waals surface area contributed by atoms with E-state index in [1.165, 1.54) is 27.5 Å². The summed E-state index contributed by atoms with van der Waals surface area (Å²) >= 11 is 2.18. The average molecular weight is 511 g/mol. The lowest BCUT2D eigenvalue weighted by Gasteiger charge is -2.12. The number of hydrogen-bond donors (Lipinski definition) is 2. The summed E-state index contributed by atoms with van der Waals surface area (Å²) in [5, 5.41) is 6.65. The van der Waals surface area contributed by atoms with E-state index in [0.717, 1.165) is 3.57 Å². The van der Waals surface area contributed by atoms with Crippen molar-refractivity contribution in [1.29, 1.82) is 0 Å². The van der Waals surface area contributed by atoms with Gasteiger partial charge in [0.25, 0.3) is 0 Å². The van der Waals surface area contributed by atoms with Crippen LogP contribution in [0.3, 0.4) is 0 Å². The Hall–Kier alpha value is -2.82. The Kier molecular flexibility index (Phi) is 8.71. The van der Waals surface area contributed by atoms with Crippen LogP contribution in [0, 0.1) is 3.57 Å². The van der Waals surface area contributed by atoms with Crippen LogP contribution in [0.5, 0.6) is 17.2 Å². The summed E-state index contributed by atoms with van der Waals surface area (Å²) in [5.41, 5.74) is 3.74. The van der Waals surface area contributed by atoms with E-state index in [1.807, 2.05) is 12.1 Å². The highest BCUT2D eigenvalue weighted by molar-refractivity contribution is 14.1. The fourth-order valence-electron chi connectivity index (χ4n) is 2.39. The number of hydrazone groups is 1. The zero-order valence-corrected chi connectivity index (χ0v) is 18.5.